The van der Waals surface area contributed by atoms with E-state index in [2.05, 4.69) is 21.4 Å². The molecule has 2 aromatic rings. The zero-order chi connectivity index (χ0) is 26.8. The summed E-state index contributed by atoms with van der Waals surface area (Å²) in [6, 6.07) is 8.04. The van der Waals surface area contributed by atoms with E-state index >= 15 is 0 Å². The molecule has 1 amide bonds. The van der Waals surface area contributed by atoms with E-state index in [0.29, 0.717) is 30.6 Å². The number of aryl methyl sites for hydroxylation is 2. The predicted octanol–water partition coefficient (Wildman–Crippen LogP) is 5.24. The van der Waals surface area contributed by atoms with E-state index in [0.717, 1.165) is 21.6 Å². The van der Waals surface area contributed by atoms with Crippen molar-refractivity contribution in [3.05, 3.63) is 46.2 Å². The molecule has 2 bridgehead atoms. The van der Waals surface area contributed by atoms with Crippen LogP contribution in [0.1, 0.15) is 65.9 Å². The van der Waals surface area contributed by atoms with E-state index in [1.807, 2.05) is 32.0 Å². The Kier molecular flexibility index (Phi) is 5.49. The van der Waals surface area contributed by atoms with Gasteiger partial charge in [0, 0.05) is 11.6 Å². The van der Waals surface area contributed by atoms with Crippen molar-refractivity contribution >= 4 is 17.9 Å². The summed E-state index contributed by atoms with van der Waals surface area (Å²) in [6.07, 6.45) is 2.36. The second-order valence-corrected chi connectivity index (χ2v) is 10.8. The average Bonchev–Trinajstić information content (AvgIpc) is 2.96. The number of alkyl halides is 2. The van der Waals surface area contributed by atoms with Gasteiger partial charge in [-0.2, -0.15) is 15.5 Å². The van der Waals surface area contributed by atoms with Gasteiger partial charge in [0.15, 0.2) is 0 Å². The van der Waals surface area contributed by atoms with E-state index in [4.69, 9.17) is 10.00 Å². The Hall–Kier alpha value is -4.05. The molecule has 4 aliphatic rings. The highest BCUT2D eigenvalue weighted by molar-refractivity contribution is 5.99. The number of anilines is 1. The van der Waals surface area contributed by atoms with Crippen LogP contribution in [0.3, 0.4) is 0 Å². The van der Waals surface area contributed by atoms with Gasteiger partial charge in [0.25, 0.3) is 12.3 Å². The lowest BCUT2D eigenvalue weighted by Crippen LogP contribution is -2.70. The van der Waals surface area contributed by atoms with Crippen LogP contribution in [-0.2, 0) is 5.54 Å². The van der Waals surface area contributed by atoms with Crippen LogP contribution in [0, 0.1) is 41.9 Å². The molecule has 2 heterocycles. The first-order chi connectivity index (χ1) is 17.4. The maximum atomic E-state index is 13.4. The summed E-state index contributed by atoms with van der Waals surface area (Å²) in [7, 11) is 0. The summed E-state index contributed by atoms with van der Waals surface area (Å²) in [4.78, 5) is 23.5. The van der Waals surface area contributed by atoms with Crippen molar-refractivity contribution < 1.29 is 18.3 Å². The van der Waals surface area contributed by atoms with Gasteiger partial charge in [-0.3, -0.25) is 4.79 Å². The van der Waals surface area contributed by atoms with Crippen LogP contribution >= 0.6 is 0 Å². The Labute approximate surface area is 213 Å². The van der Waals surface area contributed by atoms with Crippen LogP contribution in [0.5, 0.6) is 11.6 Å². The Morgan fingerprint density at radius 3 is 2.41 bits per heavy atom. The number of hydrogen-bond acceptors (Lipinski definition) is 7. The minimum Gasteiger partial charge on any atom is -0.438 e. The smallest absolute Gasteiger partial charge is 0.274 e. The molecule has 0 atom stereocenters. The number of allylic oxidation sites excluding steroid dienone is 1. The molecule has 0 radical (unpaired) electrons. The maximum absolute atomic E-state index is 13.4. The molecule has 1 N–H and O–H groups in total. The molecule has 0 spiro atoms. The first kappa shape index (κ1) is 24.6. The Morgan fingerprint density at radius 1 is 1.19 bits per heavy atom. The van der Waals surface area contributed by atoms with Crippen molar-refractivity contribution in [3.8, 4) is 23.8 Å². The van der Waals surface area contributed by atoms with Crippen LogP contribution in [0.4, 0.5) is 14.7 Å². The number of rotatable bonds is 7. The Bertz CT molecular complexity index is 1390. The summed E-state index contributed by atoms with van der Waals surface area (Å²) in [6.45, 7) is 6.33. The van der Waals surface area contributed by atoms with Crippen LogP contribution in [0.25, 0.3) is 6.08 Å². The fourth-order valence-electron chi connectivity index (χ4n) is 5.99. The molecule has 0 unspecified atom stereocenters. The third-order valence-corrected chi connectivity index (χ3v) is 7.61. The number of hydrogen-bond donors (Lipinski definition) is 1. The van der Waals surface area contributed by atoms with Gasteiger partial charge in [0.05, 0.1) is 35.2 Å². The number of nitrogens with zero attached hydrogens (tertiary/aromatic N) is 5. The Balaban J connectivity index is 1.57. The van der Waals surface area contributed by atoms with Crippen LogP contribution in [0.15, 0.2) is 18.2 Å². The summed E-state index contributed by atoms with van der Waals surface area (Å²) >= 11 is 0. The van der Waals surface area contributed by atoms with Gasteiger partial charge in [-0.1, -0.05) is 0 Å². The van der Waals surface area contributed by atoms with Gasteiger partial charge >= 0.3 is 0 Å². The normalized spacial score (nSPS) is 24.8. The SMILES string of the molecule is Cc1cc(/C=C/C#N)cc(C)c1Oc1nc(NC23CC(C#N)(C2)C3)nc2c1C(C)(C)N(CC(F)F)C2=O. The lowest BCUT2D eigenvalue weighted by Gasteiger charge is -2.66. The number of carbonyl (C=O) groups is 1. The predicted molar refractivity (Wildman–Crippen MR) is 131 cm³/mol. The van der Waals surface area contributed by atoms with Gasteiger partial charge < -0.3 is 15.0 Å². The molecule has 3 fully saturated rings. The van der Waals surface area contributed by atoms with E-state index in [1.165, 1.54) is 6.08 Å². The molecule has 1 aromatic heterocycles. The van der Waals surface area contributed by atoms with Crippen molar-refractivity contribution in [2.75, 3.05) is 11.9 Å². The second-order valence-electron chi connectivity index (χ2n) is 10.8. The quantitative estimate of drug-likeness (QED) is 0.513. The molecular weight excluding hydrogens is 478 g/mol. The maximum Gasteiger partial charge on any atom is 0.274 e. The highest BCUT2D eigenvalue weighted by atomic mass is 19.3. The van der Waals surface area contributed by atoms with Crippen LogP contribution in [-0.4, -0.2) is 39.3 Å². The zero-order valence-corrected chi connectivity index (χ0v) is 21.0. The fraction of sp³-hybridized carbons (Fsp3) is 0.444. The number of halogens is 2. The third-order valence-electron chi connectivity index (χ3n) is 7.61. The third kappa shape index (κ3) is 3.88. The minimum atomic E-state index is -2.71. The van der Waals surface area contributed by atoms with Gasteiger partial charge in [-0.05, 0) is 81.9 Å². The summed E-state index contributed by atoms with van der Waals surface area (Å²) < 4.78 is 33.2. The van der Waals surface area contributed by atoms with E-state index in [-0.39, 0.29) is 28.5 Å². The zero-order valence-electron chi connectivity index (χ0n) is 21.0. The summed E-state index contributed by atoms with van der Waals surface area (Å²) in [5.74, 6) is 0.209. The largest absolute Gasteiger partial charge is 0.438 e. The lowest BCUT2D eigenvalue weighted by atomic mass is 9.40. The number of fused-ring (bicyclic) bond motifs is 1. The van der Waals surface area contributed by atoms with Gasteiger partial charge in [-0.25, -0.2) is 13.8 Å². The van der Waals surface area contributed by atoms with Crippen LogP contribution < -0.4 is 10.1 Å². The molecular formula is C27H26F2N6O2. The number of ether oxygens (including phenoxy) is 1. The first-order valence-corrected chi connectivity index (χ1v) is 12.0. The highest BCUT2D eigenvalue weighted by Crippen LogP contribution is 2.67. The summed E-state index contributed by atoms with van der Waals surface area (Å²) in [5, 5.41) is 21.5. The molecule has 6 rings (SSSR count). The molecule has 1 aromatic carbocycles. The number of nitriles is 2. The molecule has 3 saturated carbocycles. The molecule has 10 heteroatoms. The topological polar surface area (TPSA) is 115 Å². The van der Waals surface area contributed by atoms with Crippen LogP contribution in [0.2, 0.25) is 0 Å². The Morgan fingerprint density at radius 2 is 1.84 bits per heavy atom. The molecule has 190 valence electrons. The molecule has 3 aliphatic carbocycles. The number of amides is 1. The number of carbonyl (C=O) groups excluding carboxylic acids is 1. The lowest BCUT2D eigenvalue weighted by molar-refractivity contribution is -0.0665. The van der Waals surface area contributed by atoms with Crippen molar-refractivity contribution in [2.45, 2.75) is 64.5 Å². The van der Waals surface area contributed by atoms with E-state index in [1.54, 1.807) is 19.9 Å². The molecule has 37 heavy (non-hydrogen) atoms. The van der Waals surface area contributed by atoms with Crippen molar-refractivity contribution in [2.24, 2.45) is 5.41 Å². The second kappa shape index (κ2) is 8.24. The molecule has 0 saturated heterocycles. The standard InChI is InChI=1S/C27H26F2N6O2/c1-15-8-17(6-5-7-30)9-16(2)21(15)37-22-19-20(23(36)35(10-18(28)29)25(19,3)4)32-24(33-22)34-27-11-26(12-27,13-27)14-31/h5-6,8-9,18H,10-13H2,1-4H3,(H,32,33,34)/b6-5+. The monoisotopic (exact) mass is 504 g/mol. The van der Waals surface area contributed by atoms with Crippen molar-refractivity contribution in [1.29, 1.82) is 10.5 Å². The van der Waals surface area contributed by atoms with Crippen molar-refractivity contribution in [1.82, 2.24) is 14.9 Å². The number of nitrogens with one attached hydrogen (secondary N) is 1. The van der Waals surface area contributed by atoms with E-state index < -0.39 is 24.4 Å². The number of benzene rings is 1. The summed E-state index contributed by atoms with van der Waals surface area (Å²) in [5.41, 5.74) is 1.03. The van der Waals surface area contributed by atoms with Crippen molar-refractivity contribution in [3.63, 3.8) is 0 Å². The first-order valence-electron chi connectivity index (χ1n) is 12.0. The van der Waals surface area contributed by atoms with Gasteiger partial charge in [0.1, 0.15) is 11.4 Å². The van der Waals surface area contributed by atoms with Gasteiger partial charge in [-0.15, -0.1) is 0 Å². The highest BCUT2D eigenvalue weighted by Gasteiger charge is 2.69. The number of aromatic nitrogens is 2. The average molecular weight is 505 g/mol. The molecule has 8 nitrogen and oxygen atoms in total. The fourth-order valence-corrected chi connectivity index (χ4v) is 5.99. The van der Waals surface area contributed by atoms with Gasteiger partial charge in [0.2, 0.25) is 11.8 Å². The molecule has 1 aliphatic heterocycles. The minimum absolute atomic E-state index is 0.0311. The van der Waals surface area contributed by atoms with E-state index in [9.17, 15) is 18.8 Å².